The van der Waals surface area contributed by atoms with E-state index in [1.807, 2.05) is 17.0 Å². The number of benzene rings is 2. The summed E-state index contributed by atoms with van der Waals surface area (Å²) in [6.45, 7) is 4.15. The van der Waals surface area contributed by atoms with Crippen LogP contribution in [0.2, 0.25) is 0 Å². The standard InChI is InChI=1S/C20H23IN2O3/c1-25-18-12-16(17(21)13-19(18)26-2)20(24)23-10-8-22(9-11-23)14-15-6-4-3-5-7-15/h3-7,12-13H,8-11,14H2,1-2H3. The largest absolute Gasteiger partial charge is 0.493 e. The Balaban J connectivity index is 1.65. The molecule has 0 spiro atoms. The molecule has 5 nitrogen and oxygen atoms in total. The van der Waals surface area contributed by atoms with Gasteiger partial charge in [0, 0.05) is 36.3 Å². The van der Waals surface area contributed by atoms with Crippen LogP contribution >= 0.6 is 22.6 Å². The van der Waals surface area contributed by atoms with Gasteiger partial charge in [-0.25, -0.2) is 0 Å². The van der Waals surface area contributed by atoms with Crippen LogP contribution in [0.5, 0.6) is 11.5 Å². The number of hydrogen-bond donors (Lipinski definition) is 0. The van der Waals surface area contributed by atoms with Crippen molar-refractivity contribution in [1.29, 1.82) is 0 Å². The second-order valence-electron chi connectivity index (χ2n) is 6.24. The molecule has 6 heteroatoms. The Labute approximate surface area is 168 Å². The number of amides is 1. The topological polar surface area (TPSA) is 42.0 Å². The highest BCUT2D eigenvalue weighted by atomic mass is 127. The molecule has 2 aromatic rings. The number of ether oxygens (including phenoxy) is 2. The Morgan fingerprint density at radius 2 is 1.62 bits per heavy atom. The number of piperazine rings is 1. The van der Waals surface area contributed by atoms with Gasteiger partial charge in [0.2, 0.25) is 0 Å². The van der Waals surface area contributed by atoms with E-state index >= 15 is 0 Å². The van der Waals surface area contributed by atoms with Crippen molar-refractivity contribution in [3.63, 3.8) is 0 Å². The van der Waals surface area contributed by atoms with E-state index in [0.29, 0.717) is 17.1 Å². The molecule has 1 saturated heterocycles. The summed E-state index contributed by atoms with van der Waals surface area (Å²) >= 11 is 2.18. The van der Waals surface area contributed by atoms with Crippen molar-refractivity contribution in [2.45, 2.75) is 6.54 Å². The minimum absolute atomic E-state index is 0.0507. The maximum atomic E-state index is 13.0. The molecule has 0 N–H and O–H groups in total. The zero-order valence-corrected chi connectivity index (χ0v) is 17.2. The molecule has 1 heterocycles. The van der Waals surface area contributed by atoms with E-state index in [0.717, 1.165) is 36.3 Å². The zero-order valence-electron chi connectivity index (χ0n) is 15.1. The quantitative estimate of drug-likeness (QED) is 0.635. The third kappa shape index (κ3) is 4.29. The van der Waals surface area contributed by atoms with Gasteiger partial charge in [-0.15, -0.1) is 0 Å². The molecule has 138 valence electrons. The van der Waals surface area contributed by atoms with Crippen LogP contribution in [-0.2, 0) is 6.54 Å². The molecular weight excluding hydrogens is 443 g/mol. The fourth-order valence-corrected chi connectivity index (χ4v) is 3.81. The molecular formula is C20H23IN2O3. The van der Waals surface area contributed by atoms with Crippen LogP contribution in [0.3, 0.4) is 0 Å². The number of halogens is 1. The first kappa shape index (κ1) is 19.0. The van der Waals surface area contributed by atoms with E-state index in [9.17, 15) is 4.79 Å². The summed E-state index contributed by atoms with van der Waals surface area (Å²) in [6, 6.07) is 14.1. The number of nitrogens with zero attached hydrogens (tertiary/aromatic N) is 2. The van der Waals surface area contributed by atoms with E-state index in [1.54, 1.807) is 20.3 Å². The van der Waals surface area contributed by atoms with Crippen LogP contribution in [0.4, 0.5) is 0 Å². The summed E-state index contributed by atoms with van der Waals surface area (Å²) in [6.07, 6.45) is 0. The summed E-state index contributed by atoms with van der Waals surface area (Å²) in [5, 5.41) is 0. The molecule has 0 aromatic heterocycles. The highest BCUT2D eigenvalue weighted by molar-refractivity contribution is 14.1. The van der Waals surface area contributed by atoms with E-state index in [4.69, 9.17) is 9.47 Å². The van der Waals surface area contributed by atoms with E-state index < -0.39 is 0 Å². The van der Waals surface area contributed by atoms with Gasteiger partial charge in [0.25, 0.3) is 5.91 Å². The summed E-state index contributed by atoms with van der Waals surface area (Å²) in [5.74, 6) is 1.27. The van der Waals surface area contributed by atoms with Crippen LogP contribution in [0.1, 0.15) is 15.9 Å². The van der Waals surface area contributed by atoms with Crippen molar-refractivity contribution in [3.8, 4) is 11.5 Å². The maximum Gasteiger partial charge on any atom is 0.255 e. The molecule has 1 amide bonds. The molecule has 0 radical (unpaired) electrons. The smallest absolute Gasteiger partial charge is 0.255 e. The minimum atomic E-state index is 0.0507. The molecule has 0 saturated carbocycles. The Hall–Kier alpha value is -1.80. The van der Waals surface area contributed by atoms with Crippen LogP contribution in [0.25, 0.3) is 0 Å². The maximum absolute atomic E-state index is 13.0. The van der Waals surface area contributed by atoms with Gasteiger partial charge < -0.3 is 14.4 Å². The molecule has 0 aliphatic carbocycles. The molecule has 3 rings (SSSR count). The SMILES string of the molecule is COc1cc(I)c(C(=O)N2CCN(Cc3ccccc3)CC2)cc1OC. The molecule has 1 aliphatic heterocycles. The van der Waals surface area contributed by atoms with Gasteiger partial charge in [-0.3, -0.25) is 9.69 Å². The molecule has 1 fully saturated rings. The number of carbonyl (C=O) groups excluding carboxylic acids is 1. The molecule has 26 heavy (non-hydrogen) atoms. The van der Waals surface area contributed by atoms with E-state index in [1.165, 1.54) is 5.56 Å². The first-order valence-corrected chi connectivity index (χ1v) is 9.67. The van der Waals surface area contributed by atoms with Crippen LogP contribution < -0.4 is 9.47 Å². The van der Waals surface area contributed by atoms with Gasteiger partial charge in [0.15, 0.2) is 11.5 Å². The normalized spacial score (nSPS) is 15.0. The van der Waals surface area contributed by atoms with Crippen molar-refractivity contribution in [2.24, 2.45) is 0 Å². The molecule has 1 aliphatic rings. The second-order valence-corrected chi connectivity index (χ2v) is 7.40. The molecule has 0 bridgehead atoms. The Kier molecular flexibility index (Phi) is 6.37. The lowest BCUT2D eigenvalue weighted by Crippen LogP contribution is -2.48. The Morgan fingerprint density at radius 1 is 1.00 bits per heavy atom. The number of methoxy groups -OCH3 is 2. The predicted molar refractivity (Wildman–Crippen MR) is 110 cm³/mol. The predicted octanol–water partition coefficient (Wildman–Crippen LogP) is 3.27. The highest BCUT2D eigenvalue weighted by Crippen LogP contribution is 2.32. The lowest BCUT2D eigenvalue weighted by Gasteiger charge is -2.35. The van der Waals surface area contributed by atoms with Gasteiger partial charge in [0.1, 0.15) is 0 Å². The summed E-state index contributed by atoms with van der Waals surface area (Å²) < 4.78 is 11.5. The Bertz CT molecular complexity index is 759. The van der Waals surface area contributed by atoms with Crippen LogP contribution in [0.15, 0.2) is 42.5 Å². The molecule has 0 unspecified atom stereocenters. The first-order chi connectivity index (χ1) is 12.6. The first-order valence-electron chi connectivity index (χ1n) is 8.59. The third-order valence-electron chi connectivity index (χ3n) is 4.61. The van der Waals surface area contributed by atoms with Gasteiger partial charge >= 0.3 is 0 Å². The zero-order chi connectivity index (χ0) is 18.5. The lowest BCUT2D eigenvalue weighted by molar-refractivity contribution is 0.0627. The molecule has 0 atom stereocenters. The lowest BCUT2D eigenvalue weighted by atomic mass is 10.1. The van der Waals surface area contributed by atoms with Gasteiger partial charge in [0.05, 0.1) is 19.8 Å². The monoisotopic (exact) mass is 466 g/mol. The number of hydrogen-bond acceptors (Lipinski definition) is 4. The summed E-state index contributed by atoms with van der Waals surface area (Å²) in [5.41, 5.74) is 1.97. The molecule has 2 aromatic carbocycles. The van der Waals surface area contributed by atoms with Crippen molar-refractivity contribution >= 4 is 28.5 Å². The van der Waals surface area contributed by atoms with Crippen LogP contribution in [0, 0.1) is 3.57 Å². The van der Waals surface area contributed by atoms with Crippen molar-refractivity contribution < 1.29 is 14.3 Å². The number of carbonyl (C=O) groups is 1. The van der Waals surface area contributed by atoms with Crippen molar-refractivity contribution in [3.05, 3.63) is 57.2 Å². The average Bonchev–Trinajstić information content (AvgIpc) is 2.68. The van der Waals surface area contributed by atoms with Gasteiger partial charge in [-0.05, 0) is 40.3 Å². The second kappa shape index (κ2) is 8.73. The number of rotatable bonds is 5. The van der Waals surface area contributed by atoms with E-state index in [-0.39, 0.29) is 5.91 Å². The van der Waals surface area contributed by atoms with Gasteiger partial charge in [-0.2, -0.15) is 0 Å². The summed E-state index contributed by atoms with van der Waals surface area (Å²) in [4.78, 5) is 17.3. The average molecular weight is 466 g/mol. The fourth-order valence-electron chi connectivity index (χ4n) is 3.14. The Morgan fingerprint density at radius 3 is 2.23 bits per heavy atom. The fraction of sp³-hybridized carbons (Fsp3) is 0.350. The van der Waals surface area contributed by atoms with Crippen molar-refractivity contribution in [1.82, 2.24) is 9.80 Å². The van der Waals surface area contributed by atoms with Crippen molar-refractivity contribution in [2.75, 3.05) is 40.4 Å². The third-order valence-corrected chi connectivity index (χ3v) is 5.50. The highest BCUT2D eigenvalue weighted by Gasteiger charge is 2.25. The summed E-state index contributed by atoms with van der Waals surface area (Å²) in [7, 11) is 3.18. The van der Waals surface area contributed by atoms with E-state index in [2.05, 4.69) is 51.8 Å². The van der Waals surface area contributed by atoms with Gasteiger partial charge in [-0.1, -0.05) is 30.3 Å². The minimum Gasteiger partial charge on any atom is -0.493 e. The van der Waals surface area contributed by atoms with Crippen LogP contribution in [-0.4, -0.2) is 56.1 Å².